The predicted octanol–water partition coefficient (Wildman–Crippen LogP) is 3.06. The van der Waals surface area contributed by atoms with Crippen LogP contribution in [0.3, 0.4) is 0 Å². The van der Waals surface area contributed by atoms with Gasteiger partial charge in [-0.2, -0.15) is 0 Å². The number of hydrogen-bond donors (Lipinski definition) is 2. The Balaban J connectivity index is 2.12. The molecular weight excluding hydrogens is 318 g/mol. The third-order valence-electron chi connectivity index (χ3n) is 3.66. The summed E-state index contributed by atoms with van der Waals surface area (Å²) in [5, 5.41) is 14.7. The van der Waals surface area contributed by atoms with Crippen LogP contribution in [0.15, 0.2) is 5.16 Å². The van der Waals surface area contributed by atoms with Gasteiger partial charge < -0.3 is 15.2 Å². The van der Waals surface area contributed by atoms with Crippen LogP contribution in [-0.2, 0) is 17.8 Å². The lowest BCUT2D eigenvalue weighted by atomic mass is 9.94. The third-order valence-corrected chi connectivity index (χ3v) is 5.30. The maximum atomic E-state index is 9.56. The molecule has 1 unspecified atom stereocenters. The molecule has 2 N–H and O–H groups in total. The third kappa shape index (κ3) is 3.08. The van der Waals surface area contributed by atoms with Crippen molar-refractivity contribution < 1.29 is 9.84 Å². The fourth-order valence-electron chi connectivity index (χ4n) is 2.59. The van der Waals surface area contributed by atoms with Crippen LogP contribution in [-0.4, -0.2) is 39.6 Å². The number of ether oxygens (including phenoxy) is 1. The first-order valence-electron chi connectivity index (χ1n) is 7.32. The molecule has 0 saturated carbocycles. The Labute approximate surface area is 138 Å². The molecule has 120 valence electrons. The molecule has 7 heteroatoms. The van der Waals surface area contributed by atoms with Crippen LogP contribution in [0.4, 0.5) is 5.82 Å². The van der Waals surface area contributed by atoms with Crippen LogP contribution < -0.4 is 5.32 Å². The molecule has 1 aliphatic rings. The Hall–Kier alpha value is -0.890. The second kappa shape index (κ2) is 5.96. The van der Waals surface area contributed by atoms with Crippen LogP contribution in [0.5, 0.6) is 0 Å². The van der Waals surface area contributed by atoms with Crippen molar-refractivity contribution in [3.8, 4) is 0 Å². The second-order valence-corrected chi connectivity index (χ2v) is 8.05. The van der Waals surface area contributed by atoms with Gasteiger partial charge in [0.15, 0.2) is 5.16 Å². The lowest BCUT2D eigenvalue weighted by Gasteiger charge is -2.30. The molecule has 1 aliphatic heterocycles. The number of thioether (sulfide) groups is 1. The zero-order valence-electron chi connectivity index (χ0n) is 13.3. The SMILES string of the molecule is CSc1nc(NCC(C)O)c2c3c(sc2n1)COC(C)(C)C3. The summed E-state index contributed by atoms with van der Waals surface area (Å²) in [5.74, 6) is 0.824. The maximum Gasteiger partial charge on any atom is 0.190 e. The van der Waals surface area contributed by atoms with Crippen molar-refractivity contribution in [3.05, 3.63) is 10.4 Å². The molecule has 5 nitrogen and oxygen atoms in total. The number of aliphatic hydroxyl groups is 1. The molecule has 3 heterocycles. The topological polar surface area (TPSA) is 67.3 Å². The summed E-state index contributed by atoms with van der Waals surface area (Å²) >= 11 is 3.21. The first-order valence-corrected chi connectivity index (χ1v) is 9.36. The lowest BCUT2D eigenvalue weighted by molar-refractivity contribution is -0.0379. The molecule has 0 radical (unpaired) electrons. The maximum absolute atomic E-state index is 9.56. The zero-order valence-corrected chi connectivity index (χ0v) is 14.9. The van der Waals surface area contributed by atoms with Crippen LogP contribution >= 0.6 is 23.1 Å². The fraction of sp³-hybridized carbons (Fsp3) is 0.600. The van der Waals surface area contributed by atoms with Crippen LogP contribution in [0.1, 0.15) is 31.2 Å². The van der Waals surface area contributed by atoms with Crippen molar-refractivity contribution in [3.63, 3.8) is 0 Å². The van der Waals surface area contributed by atoms with Gasteiger partial charge in [0.1, 0.15) is 10.6 Å². The number of thiophene rings is 1. The number of fused-ring (bicyclic) bond motifs is 3. The quantitative estimate of drug-likeness (QED) is 0.659. The molecule has 0 saturated heterocycles. The van der Waals surface area contributed by atoms with E-state index in [0.29, 0.717) is 13.2 Å². The van der Waals surface area contributed by atoms with Crippen molar-refractivity contribution in [2.75, 3.05) is 18.1 Å². The molecule has 3 rings (SSSR count). The number of nitrogens with one attached hydrogen (secondary N) is 1. The molecule has 0 spiro atoms. The minimum absolute atomic E-state index is 0.166. The van der Waals surface area contributed by atoms with Crippen LogP contribution in [0.25, 0.3) is 10.2 Å². The van der Waals surface area contributed by atoms with Crippen LogP contribution in [0, 0.1) is 0 Å². The normalized spacial score (nSPS) is 18.2. The monoisotopic (exact) mass is 339 g/mol. The highest BCUT2D eigenvalue weighted by atomic mass is 32.2. The Morgan fingerprint density at radius 3 is 2.91 bits per heavy atom. The number of anilines is 1. The van der Waals surface area contributed by atoms with Gasteiger partial charge in [-0.05, 0) is 32.6 Å². The highest BCUT2D eigenvalue weighted by molar-refractivity contribution is 7.98. The summed E-state index contributed by atoms with van der Waals surface area (Å²) in [6.45, 7) is 7.10. The van der Waals surface area contributed by atoms with Crippen molar-refractivity contribution >= 4 is 39.1 Å². The Bertz CT molecular complexity index is 698. The summed E-state index contributed by atoms with van der Waals surface area (Å²) in [7, 11) is 0. The van der Waals surface area contributed by atoms with E-state index in [0.717, 1.165) is 27.6 Å². The van der Waals surface area contributed by atoms with Crippen molar-refractivity contribution in [1.82, 2.24) is 9.97 Å². The van der Waals surface area contributed by atoms with Gasteiger partial charge in [-0.1, -0.05) is 11.8 Å². The van der Waals surface area contributed by atoms with Gasteiger partial charge >= 0.3 is 0 Å². The lowest BCUT2D eigenvalue weighted by Crippen LogP contribution is -2.31. The molecule has 22 heavy (non-hydrogen) atoms. The van der Waals surface area contributed by atoms with Gasteiger partial charge in [-0.25, -0.2) is 9.97 Å². The van der Waals surface area contributed by atoms with E-state index in [1.807, 2.05) is 6.26 Å². The number of hydrogen-bond acceptors (Lipinski definition) is 7. The predicted molar refractivity (Wildman–Crippen MR) is 91.9 cm³/mol. The van der Waals surface area contributed by atoms with E-state index in [1.165, 1.54) is 22.2 Å². The number of nitrogens with zero attached hydrogens (tertiary/aromatic N) is 2. The van der Waals surface area contributed by atoms with E-state index in [2.05, 4.69) is 29.1 Å². The number of aliphatic hydroxyl groups excluding tert-OH is 1. The van der Waals surface area contributed by atoms with E-state index >= 15 is 0 Å². The summed E-state index contributed by atoms with van der Waals surface area (Å²) in [4.78, 5) is 11.5. The fourth-order valence-corrected chi connectivity index (χ4v) is 4.11. The van der Waals surface area contributed by atoms with E-state index in [1.54, 1.807) is 18.3 Å². The Morgan fingerprint density at radius 2 is 2.23 bits per heavy atom. The molecule has 1 atom stereocenters. The standard InChI is InChI=1S/C15H21N3O2S2/c1-8(19)6-16-12-11-9-5-15(2,3)20-7-10(9)22-13(11)18-14(17-12)21-4/h8,19H,5-7H2,1-4H3,(H,16,17,18). The Kier molecular flexibility index (Phi) is 4.33. The minimum atomic E-state index is -0.419. The Morgan fingerprint density at radius 1 is 1.45 bits per heavy atom. The zero-order chi connectivity index (χ0) is 15.9. The second-order valence-electron chi connectivity index (χ2n) is 6.20. The first-order chi connectivity index (χ1) is 10.4. The van der Waals surface area contributed by atoms with Crippen LogP contribution in [0.2, 0.25) is 0 Å². The molecule has 2 aromatic rings. The number of rotatable bonds is 4. The molecule has 2 aromatic heterocycles. The van der Waals surface area contributed by atoms with Gasteiger partial charge in [0.05, 0.1) is 23.7 Å². The summed E-state index contributed by atoms with van der Waals surface area (Å²) in [6.07, 6.45) is 2.41. The van der Waals surface area contributed by atoms with E-state index in [9.17, 15) is 5.11 Å². The molecule has 0 aromatic carbocycles. The van der Waals surface area contributed by atoms with Gasteiger partial charge in [0.2, 0.25) is 0 Å². The highest BCUT2D eigenvalue weighted by Gasteiger charge is 2.31. The van der Waals surface area contributed by atoms with E-state index in [-0.39, 0.29) is 5.60 Å². The minimum Gasteiger partial charge on any atom is -0.392 e. The van der Waals surface area contributed by atoms with Crippen molar-refractivity contribution in [2.45, 2.75) is 50.7 Å². The molecule has 0 amide bonds. The summed E-state index contributed by atoms with van der Waals surface area (Å²) < 4.78 is 5.91. The first kappa shape index (κ1) is 16.0. The van der Waals surface area contributed by atoms with E-state index < -0.39 is 6.10 Å². The van der Waals surface area contributed by atoms with Gasteiger partial charge in [-0.15, -0.1) is 11.3 Å². The highest BCUT2D eigenvalue weighted by Crippen LogP contribution is 2.41. The molecule has 0 aliphatic carbocycles. The van der Waals surface area contributed by atoms with Gasteiger partial charge in [-0.3, -0.25) is 0 Å². The summed E-state index contributed by atoms with van der Waals surface area (Å²) in [5.41, 5.74) is 1.12. The van der Waals surface area contributed by atoms with E-state index in [4.69, 9.17) is 4.74 Å². The molecular formula is C15H21N3O2S2. The number of aromatic nitrogens is 2. The average molecular weight is 339 g/mol. The van der Waals surface area contributed by atoms with Gasteiger partial charge in [0, 0.05) is 17.8 Å². The molecule has 0 fully saturated rings. The van der Waals surface area contributed by atoms with Gasteiger partial charge in [0.25, 0.3) is 0 Å². The molecule has 0 bridgehead atoms. The van der Waals surface area contributed by atoms with Crippen molar-refractivity contribution in [2.24, 2.45) is 0 Å². The smallest absolute Gasteiger partial charge is 0.190 e. The van der Waals surface area contributed by atoms with Crippen molar-refractivity contribution in [1.29, 1.82) is 0 Å². The largest absolute Gasteiger partial charge is 0.392 e. The summed E-state index contributed by atoms with van der Waals surface area (Å²) in [6, 6.07) is 0. The average Bonchev–Trinajstić information content (AvgIpc) is 2.81.